The molecule has 1 fully saturated rings. The van der Waals surface area contributed by atoms with Gasteiger partial charge in [0.05, 0.1) is 13.0 Å². The molecule has 1 N–H and O–H groups in total. The predicted octanol–water partition coefficient (Wildman–Crippen LogP) is 2.02. The van der Waals surface area contributed by atoms with Gasteiger partial charge in [0.1, 0.15) is 11.3 Å². The summed E-state index contributed by atoms with van der Waals surface area (Å²) in [5.41, 5.74) is 1.19. The number of carbonyl (C=O) groups excluding carboxylic acids is 1. The third kappa shape index (κ3) is 3.21. The van der Waals surface area contributed by atoms with Crippen LogP contribution in [0.1, 0.15) is 29.8 Å². The van der Waals surface area contributed by atoms with Crippen molar-refractivity contribution in [1.82, 2.24) is 15.5 Å². The number of nitrogens with one attached hydrogen (secondary N) is 1. The molecule has 0 radical (unpaired) electrons. The number of rotatable bonds is 4. The average molecular weight is 364 g/mol. The molecule has 1 aromatic carbocycles. The molecule has 7 nitrogen and oxygen atoms in total. The molecule has 4 rings (SSSR count). The first-order valence-corrected chi connectivity index (χ1v) is 8.64. The minimum atomic E-state index is -0.662. The molecule has 3 heterocycles. The first-order valence-electron chi connectivity index (χ1n) is 8.26. The van der Waals surface area contributed by atoms with E-state index in [1.807, 2.05) is 6.07 Å². The minimum absolute atomic E-state index is 0.133. The van der Waals surface area contributed by atoms with E-state index in [-0.39, 0.29) is 12.3 Å². The largest absolute Gasteiger partial charge is 0.493 e. The fourth-order valence-corrected chi connectivity index (χ4v) is 3.73. The zero-order valence-electron chi connectivity index (χ0n) is 13.6. The monoisotopic (exact) mass is 363 g/mol. The molecule has 1 amide bonds. The molecule has 1 saturated heterocycles. The van der Waals surface area contributed by atoms with Crippen molar-refractivity contribution in [2.45, 2.75) is 31.2 Å². The molecular formula is C17H18ClN3O4. The van der Waals surface area contributed by atoms with Gasteiger partial charge in [0, 0.05) is 43.1 Å². The Hall–Kier alpha value is -2.12. The second kappa shape index (κ2) is 6.65. The molecule has 0 unspecified atom stereocenters. The molecule has 2 aliphatic rings. The molecule has 1 aromatic heterocycles. The number of carbonyl (C=O) groups is 1. The quantitative estimate of drug-likeness (QED) is 0.894. The van der Waals surface area contributed by atoms with Crippen molar-refractivity contribution in [1.29, 1.82) is 0 Å². The minimum Gasteiger partial charge on any atom is -0.493 e. The van der Waals surface area contributed by atoms with Crippen LogP contribution in [0.15, 0.2) is 23.0 Å². The summed E-state index contributed by atoms with van der Waals surface area (Å²) in [6.07, 6.45) is 3.47. The number of fused-ring (bicyclic) bond motifs is 1. The van der Waals surface area contributed by atoms with Crippen LogP contribution >= 0.6 is 11.6 Å². The number of halogens is 1. The number of amides is 1. The first-order chi connectivity index (χ1) is 12.2. The van der Waals surface area contributed by atoms with Crippen molar-refractivity contribution in [2.75, 3.05) is 19.8 Å². The van der Waals surface area contributed by atoms with Gasteiger partial charge in [-0.1, -0.05) is 16.8 Å². The third-order valence-electron chi connectivity index (χ3n) is 4.69. The Labute approximate surface area is 149 Å². The van der Waals surface area contributed by atoms with Crippen molar-refractivity contribution in [3.63, 3.8) is 0 Å². The van der Waals surface area contributed by atoms with Crippen LogP contribution in [0.4, 0.5) is 0 Å². The smallest absolute Gasteiger partial charge is 0.225 e. The number of ether oxygens (including phenoxy) is 2. The predicted molar refractivity (Wildman–Crippen MR) is 88.5 cm³/mol. The highest BCUT2D eigenvalue weighted by atomic mass is 35.5. The number of hydrogen-bond acceptors (Lipinski definition) is 6. The van der Waals surface area contributed by atoms with E-state index in [1.54, 1.807) is 6.07 Å². The lowest BCUT2D eigenvalue weighted by atomic mass is 9.88. The average Bonchev–Trinajstić information content (AvgIpc) is 3.27. The highest BCUT2D eigenvalue weighted by Crippen LogP contribution is 2.34. The summed E-state index contributed by atoms with van der Waals surface area (Å²) in [5.74, 6) is 1.13. The highest BCUT2D eigenvalue weighted by molar-refractivity contribution is 6.30. The number of nitrogens with zero attached hydrogens (tertiary/aromatic N) is 2. The van der Waals surface area contributed by atoms with Crippen molar-refractivity contribution in [2.24, 2.45) is 0 Å². The Bertz CT molecular complexity index is 772. The van der Waals surface area contributed by atoms with E-state index < -0.39 is 5.54 Å². The van der Waals surface area contributed by atoms with E-state index in [0.717, 1.165) is 23.3 Å². The summed E-state index contributed by atoms with van der Waals surface area (Å²) >= 11 is 6.18. The summed E-state index contributed by atoms with van der Waals surface area (Å²) in [7, 11) is 0. The summed E-state index contributed by atoms with van der Waals surface area (Å²) < 4.78 is 16.0. The van der Waals surface area contributed by atoms with E-state index in [2.05, 4.69) is 15.5 Å². The van der Waals surface area contributed by atoms with Crippen molar-refractivity contribution in [3.05, 3.63) is 40.5 Å². The lowest BCUT2D eigenvalue weighted by Gasteiger charge is -2.35. The SMILES string of the molecule is O=C(Cc1cc(Cl)cc2c1OCC2)NC1(c2ncon2)CCOCC1. The van der Waals surface area contributed by atoms with Gasteiger partial charge in [-0.3, -0.25) is 4.79 Å². The van der Waals surface area contributed by atoms with Crippen LogP contribution in [0.5, 0.6) is 5.75 Å². The summed E-state index contributed by atoms with van der Waals surface area (Å²) in [6.45, 7) is 1.68. The topological polar surface area (TPSA) is 86.5 Å². The Morgan fingerprint density at radius 1 is 1.28 bits per heavy atom. The van der Waals surface area contributed by atoms with Gasteiger partial charge in [-0.15, -0.1) is 0 Å². The Morgan fingerprint density at radius 2 is 2.12 bits per heavy atom. The van der Waals surface area contributed by atoms with Crippen molar-refractivity contribution >= 4 is 17.5 Å². The second-order valence-electron chi connectivity index (χ2n) is 6.33. The van der Waals surface area contributed by atoms with Gasteiger partial charge in [0.15, 0.2) is 5.82 Å². The third-order valence-corrected chi connectivity index (χ3v) is 4.91. The molecule has 0 bridgehead atoms. The van der Waals surface area contributed by atoms with Crippen molar-refractivity contribution < 1.29 is 18.8 Å². The Kier molecular flexibility index (Phi) is 4.35. The van der Waals surface area contributed by atoms with Gasteiger partial charge in [0.2, 0.25) is 12.3 Å². The molecule has 8 heteroatoms. The first kappa shape index (κ1) is 16.4. The standard InChI is InChI=1S/C17H18ClN3O4/c18-13-7-11-1-4-24-15(11)12(8-13)9-14(22)20-17(2-5-23-6-3-17)16-19-10-25-21-16/h7-8,10H,1-6,9H2,(H,20,22). The van der Waals surface area contributed by atoms with Crippen LogP contribution in [0.2, 0.25) is 5.02 Å². The van der Waals surface area contributed by atoms with Crippen LogP contribution in [0.25, 0.3) is 0 Å². The molecule has 2 aromatic rings. The van der Waals surface area contributed by atoms with Crippen LogP contribution in [-0.4, -0.2) is 35.9 Å². The molecule has 0 aliphatic carbocycles. The van der Waals surface area contributed by atoms with Gasteiger partial charge in [-0.2, -0.15) is 4.98 Å². The van der Waals surface area contributed by atoms with Crippen LogP contribution < -0.4 is 10.1 Å². The summed E-state index contributed by atoms with van der Waals surface area (Å²) in [4.78, 5) is 16.9. The van der Waals surface area contributed by atoms with Gasteiger partial charge in [-0.05, 0) is 17.7 Å². The van der Waals surface area contributed by atoms with E-state index in [4.69, 9.17) is 25.6 Å². The van der Waals surface area contributed by atoms with Crippen LogP contribution in [0.3, 0.4) is 0 Å². The molecule has 0 saturated carbocycles. The maximum absolute atomic E-state index is 12.8. The zero-order valence-corrected chi connectivity index (χ0v) is 14.3. The fraction of sp³-hybridized carbons (Fsp3) is 0.471. The maximum Gasteiger partial charge on any atom is 0.225 e. The molecule has 25 heavy (non-hydrogen) atoms. The van der Waals surface area contributed by atoms with E-state index in [9.17, 15) is 4.79 Å². The summed E-state index contributed by atoms with van der Waals surface area (Å²) in [5, 5.41) is 7.65. The van der Waals surface area contributed by atoms with E-state index in [1.165, 1.54) is 6.39 Å². The van der Waals surface area contributed by atoms with Gasteiger partial charge in [-0.25, -0.2) is 0 Å². The number of aromatic nitrogens is 2. The van der Waals surface area contributed by atoms with E-state index >= 15 is 0 Å². The molecule has 2 aliphatic heterocycles. The van der Waals surface area contributed by atoms with E-state index in [0.29, 0.717) is 43.5 Å². The molecule has 0 spiro atoms. The molecule has 132 valence electrons. The van der Waals surface area contributed by atoms with Gasteiger partial charge in [0.25, 0.3) is 0 Å². The van der Waals surface area contributed by atoms with Crippen molar-refractivity contribution in [3.8, 4) is 5.75 Å². The fourth-order valence-electron chi connectivity index (χ4n) is 3.47. The number of hydrogen-bond donors (Lipinski definition) is 1. The normalized spacial score (nSPS) is 18.4. The van der Waals surface area contributed by atoms with Gasteiger partial charge >= 0.3 is 0 Å². The van der Waals surface area contributed by atoms with Crippen LogP contribution in [-0.2, 0) is 27.9 Å². The lowest BCUT2D eigenvalue weighted by Crippen LogP contribution is -2.50. The Morgan fingerprint density at radius 3 is 2.88 bits per heavy atom. The van der Waals surface area contributed by atoms with Crippen LogP contribution in [0, 0.1) is 0 Å². The highest BCUT2D eigenvalue weighted by Gasteiger charge is 2.40. The summed E-state index contributed by atoms with van der Waals surface area (Å²) in [6, 6.07) is 3.68. The lowest BCUT2D eigenvalue weighted by molar-refractivity contribution is -0.124. The van der Waals surface area contributed by atoms with Gasteiger partial charge < -0.3 is 19.3 Å². The maximum atomic E-state index is 12.8. The zero-order chi connectivity index (χ0) is 17.3. The number of benzene rings is 1. The molecule has 0 atom stereocenters. The second-order valence-corrected chi connectivity index (χ2v) is 6.76. The molecular weight excluding hydrogens is 346 g/mol. The Balaban J connectivity index is 1.55.